The summed E-state index contributed by atoms with van der Waals surface area (Å²) in [6.07, 6.45) is 3.97. The van der Waals surface area contributed by atoms with Crippen molar-refractivity contribution in [2.75, 3.05) is 19.8 Å². The first kappa shape index (κ1) is 27.3. The molecule has 6 nitrogen and oxygen atoms in total. The summed E-state index contributed by atoms with van der Waals surface area (Å²) in [5.41, 5.74) is 1.96. The summed E-state index contributed by atoms with van der Waals surface area (Å²) in [5, 5.41) is 0. The third kappa shape index (κ3) is 9.87. The van der Waals surface area contributed by atoms with E-state index >= 15 is 0 Å². The Morgan fingerprint density at radius 3 is 2.00 bits per heavy atom. The molecule has 0 aliphatic carbocycles. The maximum absolute atomic E-state index is 12.0. The molecule has 0 amide bonds. The zero-order valence-corrected chi connectivity index (χ0v) is 21.2. The largest absolute Gasteiger partial charge is 0.491 e. The van der Waals surface area contributed by atoms with E-state index in [1.807, 2.05) is 89.2 Å². The van der Waals surface area contributed by atoms with Gasteiger partial charge in [-0.15, -0.1) is 0 Å². The molecule has 186 valence electrons. The maximum Gasteiger partial charge on any atom is 0.335 e. The molecule has 0 saturated carbocycles. The van der Waals surface area contributed by atoms with Gasteiger partial charge in [-0.3, -0.25) is 0 Å². The van der Waals surface area contributed by atoms with Gasteiger partial charge >= 0.3 is 5.97 Å². The Hall–Kier alpha value is -2.99. The molecule has 34 heavy (non-hydrogen) atoms. The zero-order valence-electron chi connectivity index (χ0n) is 21.2. The fourth-order valence-electron chi connectivity index (χ4n) is 3.28. The van der Waals surface area contributed by atoms with Gasteiger partial charge in [0, 0.05) is 19.1 Å². The lowest BCUT2D eigenvalue weighted by Crippen LogP contribution is -2.28. The number of carbonyl (C=O) groups is 1. The number of ether oxygens (including phenoxy) is 5. The summed E-state index contributed by atoms with van der Waals surface area (Å²) in [6, 6.07) is 13.5. The molecule has 2 aromatic rings. The molecular formula is C28H38O6. The second-order valence-corrected chi connectivity index (χ2v) is 8.33. The van der Waals surface area contributed by atoms with E-state index in [2.05, 4.69) is 0 Å². The van der Waals surface area contributed by atoms with E-state index in [4.69, 9.17) is 23.7 Å². The summed E-state index contributed by atoms with van der Waals surface area (Å²) in [4.78, 5) is 12.0. The molecule has 1 atom stereocenters. The fraction of sp³-hybridized carbons (Fsp3) is 0.464. The van der Waals surface area contributed by atoms with Crippen molar-refractivity contribution in [2.45, 2.75) is 66.3 Å². The Kier molecular flexibility index (Phi) is 11.5. The lowest BCUT2D eigenvalue weighted by atomic mass is 10.1. The normalized spacial score (nSPS) is 12.2. The van der Waals surface area contributed by atoms with Gasteiger partial charge < -0.3 is 23.7 Å². The smallest absolute Gasteiger partial charge is 0.335 e. The van der Waals surface area contributed by atoms with Gasteiger partial charge in [-0.05, 0) is 83.0 Å². The van der Waals surface area contributed by atoms with Gasteiger partial charge in [-0.2, -0.15) is 0 Å². The van der Waals surface area contributed by atoms with Crippen LogP contribution in [-0.4, -0.2) is 44.1 Å². The Balaban J connectivity index is 1.96. The quantitative estimate of drug-likeness (QED) is 0.322. The highest BCUT2D eigenvalue weighted by molar-refractivity contribution is 5.75. The predicted octanol–water partition coefficient (Wildman–Crippen LogP) is 5.86. The van der Waals surface area contributed by atoms with Gasteiger partial charge in [0.1, 0.15) is 23.9 Å². The van der Waals surface area contributed by atoms with Gasteiger partial charge in [0.05, 0.1) is 18.8 Å². The monoisotopic (exact) mass is 470 g/mol. The van der Waals surface area contributed by atoms with Crippen LogP contribution in [0, 0.1) is 0 Å². The average molecular weight is 471 g/mol. The molecule has 1 unspecified atom stereocenters. The first-order valence-electron chi connectivity index (χ1n) is 12.0. The van der Waals surface area contributed by atoms with Crippen molar-refractivity contribution in [3.8, 4) is 17.2 Å². The number of esters is 1. The minimum absolute atomic E-state index is 0.0820. The van der Waals surface area contributed by atoms with Crippen molar-refractivity contribution in [2.24, 2.45) is 0 Å². The Bertz CT molecular complexity index is 873. The second kappa shape index (κ2) is 14.3. The number of hydrogen-bond acceptors (Lipinski definition) is 6. The van der Waals surface area contributed by atoms with Crippen LogP contribution in [0.25, 0.3) is 6.08 Å². The number of benzene rings is 2. The number of hydrogen-bond donors (Lipinski definition) is 0. The summed E-state index contributed by atoms with van der Waals surface area (Å²) in [6.45, 7) is 12.9. The summed E-state index contributed by atoms with van der Waals surface area (Å²) in [5.74, 6) is 1.97. The van der Waals surface area contributed by atoms with Gasteiger partial charge in [0.15, 0.2) is 6.10 Å². The van der Waals surface area contributed by atoms with Crippen LogP contribution in [-0.2, 0) is 20.7 Å². The van der Waals surface area contributed by atoms with E-state index in [1.165, 1.54) is 0 Å². The van der Waals surface area contributed by atoms with Crippen molar-refractivity contribution >= 4 is 12.0 Å². The molecule has 0 bridgehead atoms. The molecule has 2 aromatic carbocycles. The minimum atomic E-state index is -0.598. The van der Waals surface area contributed by atoms with E-state index in [0.29, 0.717) is 26.2 Å². The average Bonchev–Trinajstić information content (AvgIpc) is 2.76. The van der Waals surface area contributed by atoms with Crippen LogP contribution < -0.4 is 14.2 Å². The second-order valence-electron chi connectivity index (χ2n) is 8.33. The standard InChI is InChI=1S/C28H38O6/c1-7-30-27(28(29)31-8-2)18-22-11-13-24(14-12-22)32-15-9-10-23-16-25(33-20(3)4)19-26(17-23)34-21(5)6/h9-14,16-17,19-21,27H,7-8,15,18H2,1-6H3. The van der Waals surface area contributed by atoms with Crippen LogP contribution in [0.15, 0.2) is 48.5 Å². The van der Waals surface area contributed by atoms with Gasteiger partial charge in [-0.1, -0.05) is 18.2 Å². The topological polar surface area (TPSA) is 63.2 Å². The summed E-state index contributed by atoms with van der Waals surface area (Å²) >= 11 is 0. The first-order valence-corrected chi connectivity index (χ1v) is 12.0. The molecule has 0 spiro atoms. The highest BCUT2D eigenvalue weighted by Crippen LogP contribution is 2.25. The van der Waals surface area contributed by atoms with Crippen LogP contribution >= 0.6 is 0 Å². The lowest BCUT2D eigenvalue weighted by Gasteiger charge is -2.15. The fourth-order valence-corrected chi connectivity index (χ4v) is 3.28. The van der Waals surface area contributed by atoms with Crippen LogP contribution in [0.4, 0.5) is 0 Å². The molecule has 0 radical (unpaired) electrons. The van der Waals surface area contributed by atoms with Crippen molar-refractivity contribution in [1.29, 1.82) is 0 Å². The Morgan fingerprint density at radius 2 is 1.47 bits per heavy atom. The van der Waals surface area contributed by atoms with Crippen LogP contribution in [0.1, 0.15) is 52.7 Å². The molecule has 0 N–H and O–H groups in total. The van der Waals surface area contributed by atoms with Crippen molar-refractivity contribution < 1.29 is 28.5 Å². The van der Waals surface area contributed by atoms with E-state index in [-0.39, 0.29) is 18.2 Å². The third-order valence-corrected chi connectivity index (χ3v) is 4.56. The molecule has 0 fully saturated rings. The maximum atomic E-state index is 12.0. The molecule has 0 aliphatic heterocycles. The first-order chi connectivity index (χ1) is 16.3. The molecule has 2 rings (SSSR count). The zero-order chi connectivity index (χ0) is 24.9. The molecule has 0 heterocycles. The highest BCUT2D eigenvalue weighted by atomic mass is 16.6. The molecule has 0 aliphatic rings. The van der Waals surface area contributed by atoms with Gasteiger partial charge in [-0.25, -0.2) is 4.79 Å². The van der Waals surface area contributed by atoms with E-state index in [9.17, 15) is 4.79 Å². The molecular weight excluding hydrogens is 432 g/mol. The van der Waals surface area contributed by atoms with Crippen LogP contribution in [0.5, 0.6) is 17.2 Å². The highest BCUT2D eigenvalue weighted by Gasteiger charge is 2.20. The summed E-state index contributed by atoms with van der Waals surface area (Å²) < 4.78 is 28.2. The lowest BCUT2D eigenvalue weighted by molar-refractivity contribution is -0.156. The van der Waals surface area contributed by atoms with E-state index in [1.54, 1.807) is 6.92 Å². The predicted molar refractivity (Wildman–Crippen MR) is 135 cm³/mol. The summed E-state index contributed by atoms with van der Waals surface area (Å²) in [7, 11) is 0. The Labute approximate surface area is 203 Å². The molecule has 6 heteroatoms. The van der Waals surface area contributed by atoms with Crippen molar-refractivity contribution in [3.05, 3.63) is 59.7 Å². The van der Waals surface area contributed by atoms with Crippen LogP contribution in [0.3, 0.4) is 0 Å². The van der Waals surface area contributed by atoms with Gasteiger partial charge in [0.25, 0.3) is 0 Å². The minimum Gasteiger partial charge on any atom is -0.491 e. The van der Waals surface area contributed by atoms with E-state index in [0.717, 1.165) is 28.4 Å². The Morgan fingerprint density at radius 1 is 0.853 bits per heavy atom. The number of rotatable bonds is 14. The number of carbonyl (C=O) groups excluding carboxylic acids is 1. The SMILES string of the molecule is CCOC(=O)C(Cc1ccc(OCC=Cc2cc(OC(C)C)cc(OC(C)C)c2)cc1)OCC. The third-order valence-electron chi connectivity index (χ3n) is 4.56. The molecule has 0 aromatic heterocycles. The van der Waals surface area contributed by atoms with Gasteiger partial charge in [0.2, 0.25) is 0 Å². The molecule has 0 saturated heterocycles. The van der Waals surface area contributed by atoms with Crippen molar-refractivity contribution in [1.82, 2.24) is 0 Å². The van der Waals surface area contributed by atoms with Crippen LogP contribution in [0.2, 0.25) is 0 Å². The van der Waals surface area contributed by atoms with E-state index < -0.39 is 6.10 Å². The van der Waals surface area contributed by atoms with Crippen molar-refractivity contribution in [3.63, 3.8) is 0 Å².